The van der Waals surface area contributed by atoms with Crippen molar-refractivity contribution < 1.29 is 18.7 Å². The van der Waals surface area contributed by atoms with Gasteiger partial charge in [0.05, 0.1) is 0 Å². The fourth-order valence-corrected chi connectivity index (χ4v) is 3.02. The van der Waals surface area contributed by atoms with Gasteiger partial charge in [0.15, 0.2) is 0 Å². The van der Waals surface area contributed by atoms with E-state index in [2.05, 4.69) is 22.2 Å². The number of aryl methyl sites for hydroxylation is 1. The van der Waals surface area contributed by atoms with Crippen LogP contribution in [0.15, 0.2) is 30.3 Å². The van der Waals surface area contributed by atoms with Crippen molar-refractivity contribution in [2.24, 2.45) is 0 Å². The summed E-state index contributed by atoms with van der Waals surface area (Å²) in [6.45, 7) is 5.67. The lowest BCUT2D eigenvalue weighted by atomic mass is 10.1. The summed E-state index contributed by atoms with van der Waals surface area (Å²) in [7, 11) is 2.09. The summed E-state index contributed by atoms with van der Waals surface area (Å²) in [6, 6.07) is 6.88. The highest BCUT2D eigenvalue weighted by Crippen LogP contribution is 2.27. The summed E-state index contributed by atoms with van der Waals surface area (Å²) < 4.78 is 26.9. The first-order valence-corrected chi connectivity index (χ1v) is 8.38. The summed E-state index contributed by atoms with van der Waals surface area (Å²) in [6.07, 6.45) is 0. The van der Waals surface area contributed by atoms with Crippen molar-refractivity contribution >= 4 is 17.3 Å². The Morgan fingerprint density at radius 1 is 1.12 bits per heavy atom. The van der Waals surface area contributed by atoms with Gasteiger partial charge in [-0.15, -0.1) is 0 Å². The van der Waals surface area contributed by atoms with Crippen LogP contribution >= 0.6 is 0 Å². The fourth-order valence-electron chi connectivity index (χ4n) is 3.02. The van der Waals surface area contributed by atoms with Gasteiger partial charge in [0.2, 0.25) is 0 Å². The van der Waals surface area contributed by atoms with E-state index in [0.29, 0.717) is 17.8 Å². The van der Waals surface area contributed by atoms with Gasteiger partial charge in [-0.1, -0.05) is 0 Å². The SMILES string of the molecule is Cc1cc(N2CCN(C)CC2)ccc1NC(=O)c1c(O)cc(F)cc1F. The van der Waals surface area contributed by atoms with Crippen molar-refractivity contribution in [2.45, 2.75) is 6.92 Å². The zero-order valence-electron chi connectivity index (χ0n) is 14.7. The second-order valence-electron chi connectivity index (χ2n) is 6.53. The number of benzene rings is 2. The van der Waals surface area contributed by atoms with Gasteiger partial charge >= 0.3 is 0 Å². The van der Waals surface area contributed by atoms with Gasteiger partial charge in [-0.05, 0) is 37.7 Å². The second-order valence-corrected chi connectivity index (χ2v) is 6.53. The maximum atomic E-state index is 13.8. The minimum Gasteiger partial charge on any atom is -0.507 e. The zero-order chi connectivity index (χ0) is 18.8. The summed E-state index contributed by atoms with van der Waals surface area (Å²) in [5.41, 5.74) is 1.81. The van der Waals surface area contributed by atoms with E-state index in [1.165, 1.54) is 0 Å². The molecule has 1 saturated heterocycles. The van der Waals surface area contributed by atoms with Gasteiger partial charge in [-0.25, -0.2) is 8.78 Å². The number of amides is 1. The number of piperazine rings is 1. The number of phenols is 1. The lowest BCUT2D eigenvalue weighted by molar-refractivity contribution is 0.102. The Morgan fingerprint density at radius 3 is 2.42 bits per heavy atom. The molecule has 26 heavy (non-hydrogen) atoms. The number of nitrogens with one attached hydrogen (secondary N) is 1. The number of halogens is 2. The quantitative estimate of drug-likeness (QED) is 0.883. The number of hydrogen-bond donors (Lipinski definition) is 2. The topological polar surface area (TPSA) is 55.8 Å². The molecule has 1 aliphatic heterocycles. The number of rotatable bonds is 3. The van der Waals surface area contributed by atoms with E-state index in [9.17, 15) is 18.7 Å². The molecule has 2 N–H and O–H groups in total. The molecule has 0 aromatic heterocycles. The maximum Gasteiger partial charge on any atom is 0.262 e. The van der Waals surface area contributed by atoms with Crippen LogP contribution < -0.4 is 10.2 Å². The molecule has 0 spiro atoms. The van der Waals surface area contributed by atoms with Gasteiger partial charge < -0.3 is 20.2 Å². The number of phenolic OH excluding ortho intramolecular Hbond substituents is 1. The Labute approximate surface area is 150 Å². The number of anilines is 2. The van der Waals surface area contributed by atoms with Crippen molar-refractivity contribution in [1.29, 1.82) is 0 Å². The van der Waals surface area contributed by atoms with E-state index in [1.54, 1.807) is 6.07 Å². The highest BCUT2D eigenvalue weighted by molar-refractivity contribution is 6.06. The maximum absolute atomic E-state index is 13.8. The average Bonchev–Trinajstić information content (AvgIpc) is 2.56. The molecule has 3 rings (SSSR count). The van der Waals surface area contributed by atoms with Crippen LogP contribution in [0.25, 0.3) is 0 Å². The Morgan fingerprint density at radius 2 is 1.81 bits per heavy atom. The standard InChI is InChI=1S/C19H21F2N3O2/c1-12-9-14(24-7-5-23(2)6-8-24)3-4-16(12)22-19(26)18-15(21)10-13(20)11-17(18)25/h3-4,9-11,25H,5-8H2,1-2H3,(H,22,26). The highest BCUT2D eigenvalue weighted by Gasteiger charge is 2.20. The number of aromatic hydroxyl groups is 1. The van der Waals surface area contributed by atoms with E-state index < -0.39 is 28.9 Å². The molecule has 0 saturated carbocycles. The minimum absolute atomic E-state index is 0.510. The molecule has 1 aliphatic rings. The molecule has 7 heteroatoms. The molecule has 2 aromatic rings. The first-order valence-electron chi connectivity index (χ1n) is 8.38. The van der Waals surface area contributed by atoms with E-state index in [0.717, 1.165) is 37.4 Å². The molecule has 0 bridgehead atoms. The number of hydrogen-bond acceptors (Lipinski definition) is 4. The molecule has 5 nitrogen and oxygen atoms in total. The molecule has 1 amide bonds. The second kappa shape index (κ2) is 7.29. The van der Waals surface area contributed by atoms with Crippen molar-refractivity contribution in [2.75, 3.05) is 43.4 Å². The van der Waals surface area contributed by atoms with E-state index in [1.807, 2.05) is 19.1 Å². The van der Waals surface area contributed by atoms with Gasteiger partial charge in [-0.2, -0.15) is 0 Å². The monoisotopic (exact) mass is 361 g/mol. The highest BCUT2D eigenvalue weighted by atomic mass is 19.1. The lowest BCUT2D eigenvalue weighted by Crippen LogP contribution is -2.44. The van der Waals surface area contributed by atoms with Crippen molar-refractivity contribution in [3.8, 4) is 5.75 Å². The predicted molar refractivity (Wildman–Crippen MR) is 96.9 cm³/mol. The Bertz CT molecular complexity index is 811. The number of likely N-dealkylation sites (N-methyl/N-ethyl adjacent to an activating group) is 1. The minimum atomic E-state index is -1.10. The first-order chi connectivity index (χ1) is 12.3. The van der Waals surface area contributed by atoms with Gasteiger partial charge in [0.25, 0.3) is 5.91 Å². The number of nitrogens with zero attached hydrogens (tertiary/aromatic N) is 2. The normalized spacial score (nSPS) is 15.2. The summed E-state index contributed by atoms with van der Waals surface area (Å²) in [5.74, 6) is -3.60. The van der Waals surface area contributed by atoms with E-state index >= 15 is 0 Å². The fraction of sp³-hybridized carbons (Fsp3) is 0.316. The van der Waals surface area contributed by atoms with Crippen LogP contribution in [0.4, 0.5) is 20.2 Å². The van der Waals surface area contributed by atoms with Crippen LogP contribution in [0, 0.1) is 18.6 Å². The van der Waals surface area contributed by atoms with Gasteiger partial charge in [0, 0.05) is 49.7 Å². The number of carbonyl (C=O) groups excluding carboxylic acids is 1. The molecular formula is C19H21F2N3O2. The largest absolute Gasteiger partial charge is 0.507 e. The molecule has 138 valence electrons. The van der Waals surface area contributed by atoms with Crippen molar-refractivity contribution in [3.63, 3.8) is 0 Å². The predicted octanol–water partition coefficient (Wildman–Crippen LogP) is 2.98. The third kappa shape index (κ3) is 3.77. The van der Waals surface area contributed by atoms with Gasteiger partial charge in [-0.3, -0.25) is 4.79 Å². The van der Waals surface area contributed by atoms with Crippen LogP contribution in [-0.2, 0) is 0 Å². The van der Waals surface area contributed by atoms with Gasteiger partial charge in [0.1, 0.15) is 22.9 Å². The Kier molecular flexibility index (Phi) is 5.08. The first kappa shape index (κ1) is 18.1. The smallest absolute Gasteiger partial charge is 0.262 e. The zero-order valence-corrected chi connectivity index (χ0v) is 14.7. The third-order valence-electron chi connectivity index (χ3n) is 4.59. The van der Waals surface area contributed by atoms with Crippen LogP contribution in [0.2, 0.25) is 0 Å². The Hall–Kier alpha value is -2.67. The van der Waals surface area contributed by atoms with E-state index in [-0.39, 0.29) is 0 Å². The lowest BCUT2D eigenvalue weighted by Gasteiger charge is -2.34. The summed E-state index contributed by atoms with van der Waals surface area (Å²) >= 11 is 0. The molecule has 0 aliphatic carbocycles. The van der Waals surface area contributed by atoms with Crippen molar-refractivity contribution in [1.82, 2.24) is 4.90 Å². The summed E-state index contributed by atoms with van der Waals surface area (Å²) in [5, 5.41) is 12.3. The van der Waals surface area contributed by atoms with Crippen LogP contribution in [-0.4, -0.2) is 49.1 Å². The molecule has 0 radical (unpaired) electrons. The van der Waals surface area contributed by atoms with Crippen LogP contribution in [0.5, 0.6) is 5.75 Å². The third-order valence-corrected chi connectivity index (χ3v) is 4.59. The molecule has 1 heterocycles. The molecule has 0 atom stereocenters. The van der Waals surface area contributed by atoms with E-state index in [4.69, 9.17) is 0 Å². The number of carbonyl (C=O) groups is 1. The molecule has 2 aromatic carbocycles. The molecular weight excluding hydrogens is 340 g/mol. The molecule has 0 unspecified atom stereocenters. The van der Waals surface area contributed by atoms with Crippen LogP contribution in [0.3, 0.4) is 0 Å². The average molecular weight is 361 g/mol. The van der Waals surface area contributed by atoms with Crippen LogP contribution in [0.1, 0.15) is 15.9 Å². The van der Waals surface area contributed by atoms with Crippen molar-refractivity contribution in [3.05, 3.63) is 53.1 Å². The Balaban J connectivity index is 1.77. The molecule has 1 fully saturated rings. The summed E-state index contributed by atoms with van der Waals surface area (Å²) in [4.78, 5) is 16.8.